The highest BCUT2D eigenvalue weighted by molar-refractivity contribution is 5.60. The Morgan fingerprint density at radius 2 is 1.97 bits per heavy atom. The van der Waals surface area contributed by atoms with E-state index in [9.17, 15) is 8.78 Å². The Morgan fingerprint density at radius 1 is 1.13 bits per heavy atom. The highest BCUT2D eigenvalue weighted by Gasteiger charge is 2.26. The topological polar surface area (TPSA) is 83.0 Å². The van der Waals surface area contributed by atoms with Gasteiger partial charge < -0.3 is 4.74 Å². The van der Waals surface area contributed by atoms with Crippen LogP contribution in [-0.2, 0) is 0 Å². The lowest BCUT2D eigenvalue weighted by atomic mass is 9.99. The molecular weight excluding hydrogens is 392 g/mol. The second-order valence-corrected chi connectivity index (χ2v) is 7.40. The van der Waals surface area contributed by atoms with E-state index in [1.54, 1.807) is 11.0 Å². The van der Waals surface area contributed by atoms with Gasteiger partial charge in [-0.3, -0.25) is 0 Å². The third-order valence-electron chi connectivity index (χ3n) is 5.45. The molecule has 8 nitrogen and oxygen atoms in total. The molecular formula is C20H19F2N7O. The van der Waals surface area contributed by atoms with Crippen molar-refractivity contribution in [2.24, 2.45) is 0 Å². The number of ether oxygens (including phenoxy) is 1. The minimum absolute atomic E-state index is 0.111. The molecule has 1 aliphatic rings. The van der Waals surface area contributed by atoms with E-state index in [2.05, 4.69) is 25.4 Å². The minimum Gasteiger partial charge on any atom is -0.451 e. The molecule has 1 aromatic carbocycles. The first-order valence-electron chi connectivity index (χ1n) is 9.82. The van der Waals surface area contributed by atoms with Crippen LogP contribution in [-0.4, -0.2) is 34.6 Å². The van der Waals surface area contributed by atoms with Crippen LogP contribution in [0.1, 0.15) is 50.3 Å². The third kappa shape index (κ3) is 3.27. The van der Waals surface area contributed by atoms with Crippen LogP contribution < -0.4 is 4.74 Å². The highest BCUT2D eigenvalue weighted by atomic mass is 19.1. The lowest BCUT2D eigenvalue weighted by Gasteiger charge is -2.19. The summed E-state index contributed by atoms with van der Waals surface area (Å²) in [5.41, 5.74) is 1.54. The average molecular weight is 411 g/mol. The first kappa shape index (κ1) is 18.6. The molecule has 0 amide bonds. The maximum atomic E-state index is 14.4. The van der Waals surface area contributed by atoms with Gasteiger partial charge in [0.05, 0.1) is 5.56 Å². The molecule has 0 radical (unpaired) electrons. The number of hydrogen-bond donors (Lipinski definition) is 0. The second-order valence-electron chi connectivity index (χ2n) is 7.40. The van der Waals surface area contributed by atoms with E-state index in [0.717, 1.165) is 37.3 Å². The molecule has 0 aliphatic heterocycles. The standard InChI is InChI=1S/C20H19F2N7O/c1-12(28-11-23-10-24-28)30-20-16(13-4-2-3-5-13)9-18-25-26-19(29(18)27-20)15-7-6-14(21)8-17(15)22/h6-13H,2-5H2,1H3. The van der Waals surface area contributed by atoms with Gasteiger partial charge >= 0.3 is 0 Å². The van der Waals surface area contributed by atoms with Crippen LogP contribution in [0.2, 0.25) is 0 Å². The Bertz CT molecular complexity index is 1190. The van der Waals surface area contributed by atoms with Crippen LogP contribution in [0.3, 0.4) is 0 Å². The van der Waals surface area contributed by atoms with Gasteiger partial charge in [-0.15, -0.1) is 15.3 Å². The van der Waals surface area contributed by atoms with Gasteiger partial charge in [-0.25, -0.2) is 18.4 Å². The fraction of sp³-hybridized carbons (Fsp3) is 0.350. The zero-order valence-electron chi connectivity index (χ0n) is 16.2. The predicted molar refractivity (Wildman–Crippen MR) is 103 cm³/mol. The molecule has 30 heavy (non-hydrogen) atoms. The molecule has 3 aromatic heterocycles. The smallest absolute Gasteiger partial charge is 0.237 e. The van der Waals surface area contributed by atoms with Crippen molar-refractivity contribution in [1.82, 2.24) is 34.6 Å². The van der Waals surface area contributed by atoms with Crippen molar-refractivity contribution in [3.63, 3.8) is 0 Å². The van der Waals surface area contributed by atoms with Crippen molar-refractivity contribution in [2.45, 2.75) is 44.8 Å². The maximum Gasteiger partial charge on any atom is 0.237 e. The van der Waals surface area contributed by atoms with E-state index in [4.69, 9.17) is 4.74 Å². The molecule has 1 atom stereocenters. The Balaban J connectivity index is 1.62. The zero-order valence-corrected chi connectivity index (χ0v) is 16.2. The van der Waals surface area contributed by atoms with Gasteiger partial charge in [-0.05, 0) is 43.9 Å². The van der Waals surface area contributed by atoms with Crippen molar-refractivity contribution in [2.75, 3.05) is 0 Å². The van der Waals surface area contributed by atoms with E-state index >= 15 is 0 Å². The summed E-state index contributed by atoms with van der Waals surface area (Å²) in [7, 11) is 0. The fourth-order valence-corrected chi connectivity index (χ4v) is 3.91. The number of benzene rings is 1. The lowest BCUT2D eigenvalue weighted by molar-refractivity contribution is 0.127. The third-order valence-corrected chi connectivity index (χ3v) is 5.45. The molecule has 0 N–H and O–H groups in total. The summed E-state index contributed by atoms with van der Waals surface area (Å²) in [6.07, 6.45) is 6.93. The van der Waals surface area contributed by atoms with E-state index in [1.807, 2.05) is 13.0 Å². The molecule has 154 valence electrons. The molecule has 0 bridgehead atoms. The minimum atomic E-state index is -0.732. The number of hydrogen-bond acceptors (Lipinski definition) is 6. The Hall–Kier alpha value is -3.43. The number of rotatable bonds is 5. The summed E-state index contributed by atoms with van der Waals surface area (Å²) < 4.78 is 36.9. The number of nitrogens with zero attached hydrogens (tertiary/aromatic N) is 7. The SMILES string of the molecule is CC(Oc1nn2c(-c3ccc(F)cc3F)nnc2cc1C1CCCC1)n1cncn1. The van der Waals surface area contributed by atoms with Gasteiger partial charge in [0, 0.05) is 11.6 Å². The summed E-state index contributed by atoms with van der Waals surface area (Å²) in [6.45, 7) is 1.84. The number of fused-ring (bicyclic) bond motifs is 1. The number of aromatic nitrogens is 7. The normalized spacial score (nSPS) is 15.7. The lowest BCUT2D eigenvalue weighted by Crippen LogP contribution is -2.16. The zero-order chi connectivity index (χ0) is 20.7. The van der Waals surface area contributed by atoms with Gasteiger partial charge in [-0.2, -0.15) is 9.61 Å². The largest absolute Gasteiger partial charge is 0.451 e. The fourth-order valence-electron chi connectivity index (χ4n) is 3.91. The maximum absolute atomic E-state index is 14.4. The van der Waals surface area contributed by atoms with E-state index < -0.39 is 17.9 Å². The quantitative estimate of drug-likeness (QED) is 0.495. The molecule has 5 rings (SSSR count). The van der Waals surface area contributed by atoms with Crippen molar-refractivity contribution < 1.29 is 13.5 Å². The average Bonchev–Trinajstić information content (AvgIpc) is 3.49. The van der Waals surface area contributed by atoms with Crippen LogP contribution in [0.15, 0.2) is 36.9 Å². The predicted octanol–water partition coefficient (Wildman–Crippen LogP) is 3.92. The van der Waals surface area contributed by atoms with Crippen molar-refractivity contribution >= 4 is 5.65 Å². The Kier molecular flexibility index (Phi) is 4.61. The summed E-state index contributed by atoms with van der Waals surface area (Å²) in [4.78, 5) is 3.95. The van der Waals surface area contributed by atoms with E-state index in [1.165, 1.54) is 23.0 Å². The molecule has 0 spiro atoms. The van der Waals surface area contributed by atoms with Gasteiger partial charge in [-0.1, -0.05) is 12.8 Å². The van der Waals surface area contributed by atoms with E-state index in [0.29, 0.717) is 17.4 Å². The van der Waals surface area contributed by atoms with Gasteiger partial charge in [0.2, 0.25) is 5.88 Å². The van der Waals surface area contributed by atoms with Crippen LogP contribution in [0, 0.1) is 11.6 Å². The van der Waals surface area contributed by atoms with Gasteiger partial charge in [0.15, 0.2) is 17.7 Å². The summed E-state index contributed by atoms with van der Waals surface area (Å²) >= 11 is 0. The molecule has 1 aliphatic carbocycles. The molecule has 1 unspecified atom stereocenters. The Labute approximate surface area is 170 Å². The van der Waals surface area contributed by atoms with Crippen molar-refractivity contribution in [3.8, 4) is 17.3 Å². The van der Waals surface area contributed by atoms with Crippen LogP contribution >= 0.6 is 0 Å². The first-order valence-corrected chi connectivity index (χ1v) is 9.82. The summed E-state index contributed by atoms with van der Waals surface area (Å²) in [6, 6.07) is 5.21. The number of halogens is 2. The monoisotopic (exact) mass is 411 g/mol. The molecule has 1 saturated carbocycles. The summed E-state index contributed by atoms with van der Waals surface area (Å²) in [5.74, 6) is -0.487. The molecule has 0 saturated heterocycles. The molecule has 1 fully saturated rings. The van der Waals surface area contributed by atoms with Crippen molar-refractivity contribution in [3.05, 3.63) is 54.1 Å². The van der Waals surface area contributed by atoms with Gasteiger partial charge in [0.25, 0.3) is 0 Å². The van der Waals surface area contributed by atoms with Crippen LogP contribution in [0.4, 0.5) is 8.78 Å². The van der Waals surface area contributed by atoms with Crippen LogP contribution in [0.25, 0.3) is 17.0 Å². The van der Waals surface area contributed by atoms with Gasteiger partial charge in [0.1, 0.15) is 24.3 Å². The summed E-state index contributed by atoms with van der Waals surface area (Å²) in [5, 5.41) is 17.0. The van der Waals surface area contributed by atoms with Crippen molar-refractivity contribution in [1.29, 1.82) is 0 Å². The van der Waals surface area contributed by atoms with E-state index in [-0.39, 0.29) is 11.4 Å². The van der Waals surface area contributed by atoms with Crippen LogP contribution in [0.5, 0.6) is 5.88 Å². The Morgan fingerprint density at radius 3 is 2.70 bits per heavy atom. The molecule has 10 heteroatoms. The molecule has 4 aromatic rings. The highest BCUT2D eigenvalue weighted by Crippen LogP contribution is 2.39. The molecule has 3 heterocycles. The first-order chi connectivity index (χ1) is 14.6. The second kappa shape index (κ2) is 7.43.